The SMILES string of the molecule is O=C[C@H](O)[C@@H](O)[C@@H](O[C@@H](O)[C@H](O)[C@@H](O)[C@@H](O)[C@H](O)CO)[C@H](O)CO. The molecule has 144 valence electrons. The van der Waals surface area contributed by atoms with Crippen molar-refractivity contribution in [3.05, 3.63) is 0 Å². The van der Waals surface area contributed by atoms with Crippen LogP contribution in [0, 0.1) is 0 Å². The Morgan fingerprint density at radius 1 is 0.708 bits per heavy atom. The molecule has 24 heavy (non-hydrogen) atoms. The lowest BCUT2D eigenvalue weighted by atomic mass is 10.0. The molecular weight excluding hydrogens is 336 g/mol. The van der Waals surface area contributed by atoms with Gasteiger partial charge in [-0.25, -0.2) is 0 Å². The van der Waals surface area contributed by atoms with Gasteiger partial charge in [0, 0.05) is 0 Å². The topological polar surface area (TPSA) is 229 Å². The molecular formula is C12H24O12. The summed E-state index contributed by atoms with van der Waals surface area (Å²) in [5.74, 6) is 0. The van der Waals surface area contributed by atoms with Crippen molar-refractivity contribution < 1.29 is 60.6 Å². The van der Waals surface area contributed by atoms with Gasteiger partial charge in [-0.15, -0.1) is 0 Å². The highest BCUT2D eigenvalue weighted by atomic mass is 16.6. The van der Waals surface area contributed by atoms with Crippen molar-refractivity contribution in [1.82, 2.24) is 0 Å². The Morgan fingerprint density at radius 2 is 1.21 bits per heavy atom. The van der Waals surface area contributed by atoms with Gasteiger partial charge in [0.15, 0.2) is 12.6 Å². The molecule has 0 aromatic heterocycles. The van der Waals surface area contributed by atoms with Crippen molar-refractivity contribution in [3.63, 3.8) is 0 Å². The molecule has 12 nitrogen and oxygen atoms in total. The van der Waals surface area contributed by atoms with Crippen LogP contribution in [0.2, 0.25) is 0 Å². The first kappa shape index (κ1) is 23.2. The Labute approximate surface area is 136 Å². The molecule has 0 spiro atoms. The molecule has 0 fully saturated rings. The Bertz CT molecular complexity index is 355. The smallest absolute Gasteiger partial charge is 0.184 e. The number of carbonyl (C=O) groups is 1. The fourth-order valence-corrected chi connectivity index (χ4v) is 1.73. The van der Waals surface area contributed by atoms with Crippen LogP contribution in [0.4, 0.5) is 0 Å². The number of ether oxygens (including phenoxy) is 1. The Hall–Kier alpha value is -0.770. The van der Waals surface area contributed by atoms with Crippen LogP contribution >= 0.6 is 0 Å². The van der Waals surface area contributed by atoms with Gasteiger partial charge >= 0.3 is 0 Å². The third-order valence-corrected chi connectivity index (χ3v) is 3.26. The van der Waals surface area contributed by atoms with Gasteiger partial charge < -0.3 is 60.6 Å². The third-order valence-electron chi connectivity index (χ3n) is 3.26. The van der Waals surface area contributed by atoms with Crippen molar-refractivity contribution in [2.24, 2.45) is 0 Å². The number of carbonyl (C=O) groups excluding carboxylic acids is 1. The quantitative estimate of drug-likeness (QED) is 0.116. The second-order valence-corrected chi connectivity index (χ2v) is 5.08. The fraction of sp³-hybridized carbons (Fsp3) is 0.917. The highest BCUT2D eigenvalue weighted by Gasteiger charge is 2.39. The lowest BCUT2D eigenvalue weighted by Gasteiger charge is -2.33. The Morgan fingerprint density at radius 3 is 1.62 bits per heavy atom. The molecule has 9 atom stereocenters. The van der Waals surface area contributed by atoms with Crippen molar-refractivity contribution >= 4 is 6.29 Å². The molecule has 0 aliphatic heterocycles. The summed E-state index contributed by atoms with van der Waals surface area (Å²) < 4.78 is 4.65. The molecule has 0 saturated heterocycles. The van der Waals surface area contributed by atoms with Crippen molar-refractivity contribution in [2.45, 2.75) is 55.1 Å². The van der Waals surface area contributed by atoms with E-state index in [1.54, 1.807) is 0 Å². The molecule has 0 heterocycles. The summed E-state index contributed by atoms with van der Waals surface area (Å²) in [5.41, 5.74) is 0. The van der Waals surface area contributed by atoms with Gasteiger partial charge in [-0.2, -0.15) is 0 Å². The first-order chi connectivity index (χ1) is 11.1. The van der Waals surface area contributed by atoms with E-state index in [0.717, 1.165) is 0 Å². The van der Waals surface area contributed by atoms with E-state index in [9.17, 15) is 40.5 Å². The molecule has 0 saturated carbocycles. The summed E-state index contributed by atoms with van der Waals surface area (Å²) in [6.45, 7) is -1.97. The van der Waals surface area contributed by atoms with Gasteiger partial charge in [-0.05, 0) is 0 Å². The molecule has 0 rings (SSSR count). The second kappa shape index (κ2) is 11.0. The number of hydrogen-bond acceptors (Lipinski definition) is 12. The average Bonchev–Trinajstić information content (AvgIpc) is 2.60. The van der Waals surface area contributed by atoms with E-state index >= 15 is 0 Å². The first-order valence-corrected chi connectivity index (χ1v) is 6.89. The van der Waals surface area contributed by atoms with E-state index in [4.69, 9.17) is 15.3 Å². The van der Waals surface area contributed by atoms with Crippen molar-refractivity contribution in [2.75, 3.05) is 13.2 Å². The zero-order chi connectivity index (χ0) is 19.0. The van der Waals surface area contributed by atoms with Gasteiger partial charge in [0.1, 0.15) is 48.8 Å². The summed E-state index contributed by atoms with van der Waals surface area (Å²) in [7, 11) is 0. The average molecular weight is 360 g/mol. The van der Waals surface area contributed by atoms with Crippen LogP contribution in [0.25, 0.3) is 0 Å². The maximum atomic E-state index is 10.4. The maximum Gasteiger partial charge on any atom is 0.184 e. The van der Waals surface area contributed by atoms with Crippen LogP contribution in [-0.2, 0) is 9.53 Å². The summed E-state index contributed by atoms with van der Waals surface area (Å²) in [6, 6.07) is 0. The van der Waals surface area contributed by atoms with E-state index in [1.807, 2.05) is 0 Å². The first-order valence-electron chi connectivity index (χ1n) is 6.89. The molecule has 0 radical (unpaired) electrons. The zero-order valence-electron chi connectivity index (χ0n) is 12.5. The molecule has 0 amide bonds. The van der Waals surface area contributed by atoms with Gasteiger partial charge in [0.05, 0.1) is 13.2 Å². The second-order valence-electron chi connectivity index (χ2n) is 5.08. The molecule has 0 aliphatic carbocycles. The van der Waals surface area contributed by atoms with E-state index in [1.165, 1.54) is 0 Å². The van der Waals surface area contributed by atoms with Crippen LogP contribution in [0.3, 0.4) is 0 Å². The van der Waals surface area contributed by atoms with Gasteiger partial charge in [-0.3, -0.25) is 0 Å². The van der Waals surface area contributed by atoms with Gasteiger partial charge in [0.25, 0.3) is 0 Å². The van der Waals surface area contributed by atoms with E-state index in [-0.39, 0.29) is 6.29 Å². The fourth-order valence-electron chi connectivity index (χ4n) is 1.73. The predicted molar refractivity (Wildman–Crippen MR) is 73.2 cm³/mol. The minimum atomic E-state index is -2.37. The minimum absolute atomic E-state index is 0.107. The molecule has 10 N–H and O–H groups in total. The Balaban J connectivity index is 5.03. The molecule has 0 aliphatic rings. The van der Waals surface area contributed by atoms with E-state index in [2.05, 4.69) is 4.74 Å². The summed E-state index contributed by atoms with van der Waals surface area (Å²) in [6.07, 6.45) is -18.9. The monoisotopic (exact) mass is 360 g/mol. The van der Waals surface area contributed by atoms with E-state index < -0.39 is 68.3 Å². The summed E-state index contributed by atoms with van der Waals surface area (Å²) in [4.78, 5) is 10.4. The lowest BCUT2D eigenvalue weighted by Crippen LogP contribution is -2.55. The summed E-state index contributed by atoms with van der Waals surface area (Å²) in [5, 5.41) is 93.3. The van der Waals surface area contributed by atoms with Crippen LogP contribution in [-0.4, -0.2) is 126 Å². The number of aliphatic hydroxyl groups excluding tert-OH is 10. The zero-order valence-corrected chi connectivity index (χ0v) is 12.5. The van der Waals surface area contributed by atoms with Crippen molar-refractivity contribution in [1.29, 1.82) is 0 Å². The van der Waals surface area contributed by atoms with Crippen molar-refractivity contribution in [3.8, 4) is 0 Å². The van der Waals surface area contributed by atoms with Crippen LogP contribution < -0.4 is 0 Å². The van der Waals surface area contributed by atoms with Gasteiger partial charge in [-0.1, -0.05) is 0 Å². The number of aldehydes is 1. The number of aliphatic hydroxyl groups is 10. The van der Waals surface area contributed by atoms with Gasteiger partial charge in [0.2, 0.25) is 0 Å². The Kier molecular flexibility index (Phi) is 10.6. The van der Waals surface area contributed by atoms with Crippen LogP contribution in [0.15, 0.2) is 0 Å². The molecule has 0 bridgehead atoms. The third kappa shape index (κ3) is 6.27. The highest BCUT2D eigenvalue weighted by molar-refractivity contribution is 5.56. The lowest BCUT2D eigenvalue weighted by molar-refractivity contribution is -0.259. The van der Waals surface area contributed by atoms with Crippen LogP contribution in [0.5, 0.6) is 0 Å². The van der Waals surface area contributed by atoms with E-state index in [0.29, 0.717) is 0 Å². The number of hydrogen-bond donors (Lipinski definition) is 10. The molecule has 0 aromatic rings. The predicted octanol–water partition coefficient (Wildman–Crippen LogP) is -6.60. The minimum Gasteiger partial charge on any atom is -0.394 e. The normalized spacial score (nSPS) is 23.4. The summed E-state index contributed by atoms with van der Waals surface area (Å²) >= 11 is 0. The highest BCUT2D eigenvalue weighted by Crippen LogP contribution is 2.15. The molecule has 0 aromatic carbocycles. The molecule has 0 unspecified atom stereocenters. The number of rotatable bonds is 12. The molecule has 12 heteroatoms. The standard InChI is InChI=1S/C12H24O12/c13-1-4(16)7(19)9(21)10(22)12(23)24-11(6(18)3-15)8(20)5(17)2-14/h2,4-13,15-23H,1,3H2/t4-,5+,6-,7+,8-,9+,10-,11+,12-/m1/s1. The maximum absolute atomic E-state index is 10.4. The van der Waals surface area contributed by atoms with Crippen LogP contribution in [0.1, 0.15) is 0 Å². The largest absolute Gasteiger partial charge is 0.394 e.